The molecule has 6 nitrogen and oxygen atoms in total. The Morgan fingerprint density at radius 1 is 1.13 bits per heavy atom. The highest BCUT2D eigenvalue weighted by Crippen LogP contribution is 2.46. The van der Waals surface area contributed by atoms with Gasteiger partial charge in [-0.05, 0) is 36.2 Å². The lowest BCUT2D eigenvalue weighted by molar-refractivity contribution is 0.0963. The van der Waals surface area contributed by atoms with Gasteiger partial charge in [0.05, 0.1) is 25.2 Å². The molecule has 30 heavy (non-hydrogen) atoms. The van der Waals surface area contributed by atoms with Gasteiger partial charge in [-0.2, -0.15) is 0 Å². The number of fused-ring (bicyclic) bond motifs is 1. The number of aliphatic hydroxyl groups excluding tert-OH is 1. The summed E-state index contributed by atoms with van der Waals surface area (Å²) in [6.07, 6.45) is 0.693. The lowest BCUT2D eigenvalue weighted by Gasteiger charge is -2.18. The van der Waals surface area contributed by atoms with Crippen LogP contribution in [0.15, 0.2) is 36.4 Å². The number of benzene rings is 2. The fourth-order valence-corrected chi connectivity index (χ4v) is 3.89. The molecule has 0 bridgehead atoms. The second kappa shape index (κ2) is 9.87. The summed E-state index contributed by atoms with van der Waals surface area (Å²) in [6, 6.07) is 11.0. The number of carbonyl (C=O) groups excluding carboxylic acids is 2. The van der Waals surface area contributed by atoms with E-state index in [1.54, 1.807) is 33.3 Å². The molecule has 0 unspecified atom stereocenters. The average molecular weight is 412 g/mol. The van der Waals surface area contributed by atoms with E-state index < -0.39 is 6.10 Å². The van der Waals surface area contributed by atoms with E-state index in [0.717, 1.165) is 11.1 Å². The standard InChI is InChI=1S/C24H28O6/c1-4-20(26)18-12-16(21(27)9-6-10-28-2)13-19-23(22(14-25)30-24(18)19)15-7-5-8-17(11-15)29-3/h5,7-8,11-13,22-23,25H,4,6,9-10,14H2,1-3H3/t22-,23+/m1/s1. The minimum Gasteiger partial charge on any atom is -0.497 e. The van der Waals surface area contributed by atoms with Crippen molar-refractivity contribution in [3.63, 3.8) is 0 Å². The highest BCUT2D eigenvalue weighted by atomic mass is 16.5. The number of ether oxygens (including phenoxy) is 3. The Morgan fingerprint density at radius 3 is 2.60 bits per heavy atom. The molecule has 0 aromatic heterocycles. The van der Waals surface area contributed by atoms with Gasteiger partial charge in [0.25, 0.3) is 0 Å². The van der Waals surface area contributed by atoms with Crippen LogP contribution in [0.5, 0.6) is 11.5 Å². The molecule has 0 fully saturated rings. The van der Waals surface area contributed by atoms with E-state index >= 15 is 0 Å². The maximum atomic E-state index is 12.8. The van der Waals surface area contributed by atoms with Gasteiger partial charge in [0, 0.05) is 37.7 Å². The molecular formula is C24H28O6. The molecule has 0 saturated heterocycles. The molecule has 1 N–H and O–H groups in total. The van der Waals surface area contributed by atoms with Crippen LogP contribution in [0.1, 0.15) is 63.9 Å². The quantitative estimate of drug-likeness (QED) is 0.472. The molecule has 2 aromatic carbocycles. The van der Waals surface area contributed by atoms with E-state index in [-0.39, 0.29) is 24.1 Å². The van der Waals surface area contributed by atoms with Crippen LogP contribution in [-0.2, 0) is 4.74 Å². The fraction of sp³-hybridized carbons (Fsp3) is 0.417. The van der Waals surface area contributed by atoms with Crippen LogP contribution < -0.4 is 9.47 Å². The molecule has 3 rings (SSSR count). The molecular weight excluding hydrogens is 384 g/mol. The van der Waals surface area contributed by atoms with Crippen LogP contribution in [0.25, 0.3) is 0 Å². The van der Waals surface area contributed by atoms with Crippen LogP contribution in [0.3, 0.4) is 0 Å². The number of hydrogen-bond acceptors (Lipinski definition) is 6. The van der Waals surface area contributed by atoms with Crippen molar-refractivity contribution >= 4 is 11.6 Å². The lowest BCUT2D eigenvalue weighted by atomic mass is 9.85. The van der Waals surface area contributed by atoms with Gasteiger partial charge in [0.15, 0.2) is 11.6 Å². The Balaban J connectivity index is 2.10. The minimum absolute atomic E-state index is 0.0446. The third kappa shape index (κ3) is 4.40. The molecule has 1 heterocycles. The van der Waals surface area contributed by atoms with Crippen molar-refractivity contribution in [2.45, 2.75) is 38.2 Å². The smallest absolute Gasteiger partial charge is 0.166 e. The van der Waals surface area contributed by atoms with Gasteiger partial charge >= 0.3 is 0 Å². The van der Waals surface area contributed by atoms with Crippen molar-refractivity contribution in [1.82, 2.24) is 0 Å². The SMILES string of the molecule is CCC(=O)c1cc(C(=O)CCCOC)cc2c1O[C@H](CO)[C@H]2c1cccc(OC)c1. The zero-order chi connectivity index (χ0) is 21.7. The van der Waals surface area contributed by atoms with Crippen molar-refractivity contribution in [3.05, 3.63) is 58.7 Å². The molecule has 2 atom stereocenters. The Bertz CT molecular complexity index is 920. The molecule has 0 saturated carbocycles. The van der Waals surface area contributed by atoms with E-state index in [2.05, 4.69) is 0 Å². The van der Waals surface area contributed by atoms with Gasteiger partial charge < -0.3 is 19.3 Å². The molecule has 0 spiro atoms. The van der Waals surface area contributed by atoms with Crippen LogP contribution >= 0.6 is 0 Å². The first-order valence-electron chi connectivity index (χ1n) is 10.2. The summed E-state index contributed by atoms with van der Waals surface area (Å²) in [5, 5.41) is 9.98. The minimum atomic E-state index is -0.547. The summed E-state index contributed by atoms with van der Waals surface area (Å²) in [7, 11) is 3.19. The lowest BCUT2D eigenvalue weighted by Crippen LogP contribution is -2.24. The Kier molecular flexibility index (Phi) is 7.24. The first kappa shape index (κ1) is 22.0. The van der Waals surface area contributed by atoms with Crippen molar-refractivity contribution in [2.24, 2.45) is 0 Å². The van der Waals surface area contributed by atoms with Crippen molar-refractivity contribution < 1.29 is 28.9 Å². The fourth-order valence-electron chi connectivity index (χ4n) is 3.89. The van der Waals surface area contributed by atoms with Gasteiger partial charge in [0.2, 0.25) is 0 Å². The summed E-state index contributed by atoms with van der Waals surface area (Å²) in [5.74, 6) is 0.698. The molecule has 160 valence electrons. The third-order valence-electron chi connectivity index (χ3n) is 5.42. The number of hydrogen-bond donors (Lipinski definition) is 1. The van der Waals surface area contributed by atoms with E-state index in [4.69, 9.17) is 14.2 Å². The van der Waals surface area contributed by atoms with E-state index in [9.17, 15) is 14.7 Å². The number of ketones is 2. The first-order chi connectivity index (χ1) is 14.5. The Morgan fingerprint density at radius 2 is 1.93 bits per heavy atom. The topological polar surface area (TPSA) is 82.1 Å². The predicted molar refractivity (Wildman–Crippen MR) is 113 cm³/mol. The van der Waals surface area contributed by atoms with Crippen LogP contribution in [0, 0.1) is 0 Å². The van der Waals surface area contributed by atoms with Gasteiger partial charge in [-0.25, -0.2) is 0 Å². The normalized spacial score (nSPS) is 17.3. The Labute approximate surface area is 176 Å². The summed E-state index contributed by atoms with van der Waals surface area (Å²) in [4.78, 5) is 25.5. The van der Waals surface area contributed by atoms with Gasteiger partial charge in [-0.1, -0.05) is 19.1 Å². The zero-order valence-electron chi connectivity index (χ0n) is 17.6. The summed E-state index contributed by atoms with van der Waals surface area (Å²) in [5.41, 5.74) is 2.52. The largest absolute Gasteiger partial charge is 0.497 e. The van der Waals surface area contributed by atoms with Crippen molar-refractivity contribution in [2.75, 3.05) is 27.4 Å². The van der Waals surface area contributed by atoms with E-state index in [0.29, 0.717) is 48.5 Å². The van der Waals surface area contributed by atoms with Crippen LogP contribution in [0.2, 0.25) is 0 Å². The highest BCUT2D eigenvalue weighted by Gasteiger charge is 2.38. The van der Waals surface area contributed by atoms with Crippen LogP contribution in [-0.4, -0.2) is 50.2 Å². The monoisotopic (exact) mass is 412 g/mol. The molecule has 1 aliphatic heterocycles. The Hall–Kier alpha value is -2.70. The van der Waals surface area contributed by atoms with Crippen molar-refractivity contribution in [1.29, 1.82) is 0 Å². The molecule has 6 heteroatoms. The van der Waals surface area contributed by atoms with E-state index in [1.165, 1.54) is 0 Å². The number of carbonyl (C=O) groups is 2. The zero-order valence-corrected chi connectivity index (χ0v) is 17.6. The summed E-state index contributed by atoms with van der Waals surface area (Å²) >= 11 is 0. The number of Topliss-reactive ketones (excluding diaryl/α,β-unsaturated/α-hetero) is 2. The van der Waals surface area contributed by atoms with Crippen LogP contribution in [0.4, 0.5) is 0 Å². The third-order valence-corrected chi connectivity index (χ3v) is 5.42. The van der Waals surface area contributed by atoms with Gasteiger partial charge in [-0.3, -0.25) is 9.59 Å². The number of methoxy groups -OCH3 is 2. The van der Waals surface area contributed by atoms with E-state index in [1.807, 2.05) is 24.3 Å². The van der Waals surface area contributed by atoms with Gasteiger partial charge in [-0.15, -0.1) is 0 Å². The molecule has 2 aromatic rings. The molecule has 0 radical (unpaired) electrons. The second-order valence-electron chi connectivity index (χ2n) is 7.33. The predicted octanol–water partition coefficient (Wildman–Crippen LogP) is 3.78. The summed E-state index contributed by atoms with van der Waals surface area (Å²) in [6.45, 7) is 2.06. The summed E-state index contributed by atoms with van der Waals surface area (Å²) < 4.78 is 16.4. The highest BCUT2D eigenvalue weighted by molar-refractivity contribution is 6.04. The molecule has 0 amide bonds. The second-order valence-corrected chi connectivity index (χ2v) is 7.33. The maximum Gasteiger partial charge on any atom is 0.166 e. The number of rotatable bonds is 10. The number of aliphatic hydroxyl groups is 1. The first-order valence-corrected chi connectivity index (χ1v) is 10.2. The molecule has 0 aliphatic carbocycles. The maximum absolute atomic E-state index is 12.8. The van der Waals surface area contributed by atoms with Crippen molar-refractivity contribution in [3.8, 4) is 11.5 Å². The average Bonchev–Trinajstić information content (AvgIpc) is 3.16. The molecule has 1 aliphatic rings. The van der Waals surface area contributed by atoms with Gasteiger partial charge in [0.1, 0.15) is 17.6 Å².